The summed E-state index contributed by atoms with van der Waals surface area (Å²) < 4.78 is 29.5. The maximum atomic E-state index is 12.6. The Balaban J connectivity index is 1.76. The fraction of sp³-hybridized carbons (Fsp3) is 0.556. The van der Waals surface area contributed by atoms with Crippen LogP contribution in [-0.2, 0) is 16.6 Å². The van der Waals surface area contributed by atoms with E-state index in [1.165, 1.54) is 12.1 Å². The SMILES string of the molecule is CN1CCC(Cn2c(=O)[nH]c(=O)c3cc(S(=O)(=O)NC4(C)CC4)ccc32)C1. The van der Waals surface area contributed by atoms with Gasteiger partial charge in [0.15, 0.2) is 0 Å². The largest absolute Gasteiger partial charge is 0.328 e. The number of hydrogen-bond donors (Lipinski definition) is 2. The molecule has 1 unspecified atom stereocenters. The smallest absolute Gasteiger partial charge is 0.306 e. The van der Waals surface area contributed by atoms with Gasteiger partial charge in [-0.15, -0.1) is 0 Å². The summed E-state index contributed by atoms with van der Waals surface area (Å²) >= 11 is 0. The number of aromatic nitrogens is 2. The molecule has 0 spiro atoms. The summed E-state index contributed by atoms with van der Waals surface area (Å²) in [6.07, 6.45) is 2.59. The summed E-state index contributed by atoms with van der Waals surface area (Å²) in [5, 5.41) is 0.213. The first kappa shape index (κ1) is 18.4. The van der Waals surface area contributed by atoms with Gasteiger partial charge < -0.3 is 4.90 Å². The van der Waals surface area contributed by atoms with Gasteiger partial charge in [0.2, 0.25) is 10.0 Å². The van der Waals surface area contributed by atoms with Crippen LogP contribution in [0.4, 0.5) is 0 Å². The summed E-state index contributed by atoms with van der Waals surface area (Å²) in [5.74, 6) is 0.321. The Bertz CT molecular complexity index is 1110. The van der Waals surface area contributed by atoms with Gasteiger partial charge in [-0.25, -0.2) is 17.9 Å². The molecule has 2 aliphatic rings. The highest BCUT2D eigenvalue weighted by atomic mass is 32.2. The number of nitrogens with zero attached hydrogens (tertiary/aromatic N) is 2. The van der Waals surface area contributed by atoms with Crippen molar-refractivity contribution >= 4 is 20.9 Å². The van der Waals surface area contributed by atoms with Gasteiger partial charge in [0.05, 0.1) is 15.8 Å². The van der Waals surface area contributed by atoms with Gasteiger partial charge in [0, 0.05) is 18.6 Å². The molecule has 8 nitrogen and oxygen atoms in total. The number of benzene rings is 1. The quantitative estimate of drug-likeness (QED) is 0.770. The maximum Gasteiger partial charge on any atom is 0.328 e. The molecule has 1 aliphatic carbocycles. The number of sulfonamides is 1. The predicted molar refractivity (Wildman–Crippen MR) is 102 cm³/mol. The summed E-state index contributed by atoms with van der Waals surface area (Å²) in [6, 6.07) is 4.39. The van der Waals surface area contributed by atoms with E-state index in [0.717, 1.165) is 32.4 Å². The molecule has 1 atom stereocenters. The van der Waals surface area contributed by atoms with Crippen molar-refractivity contribution in [2.75, 3.05) is 20.1 Å². The number of nitrogens with one attached hydrogen (secondary N) is 2. The number of fused-ring (bicyclic) bond motifs is 1. The fourth-order valence-corrected chi connectivity index (χ4v) is 5.22. The Morgan fingerprint density at radius 2 is 2.04 bits per heavy atom. The van der Waals surface area contributed by atoms with E-state index in [0.29, 0.717) is 18.0 Å². The Labute approximate surface area is 157 Å². The maximum absolute atomic E-state index is 12.6. The number of H-pyrrole nitrogens is 1. The number of aromatic amines is 1. The van der Waals surface area contributed by atoms with E-state index in [-0.39, 0.29) is 10.3 Å². The molecule has 1 saturated heterocycles. The van der Waals surface area contributed by atoms with E-state index in [2.05, 4.69) is 14.6 Å². The lowest BCUT2D eigenvalue weighted by atomic mass is 10.1. The molecule has 1 aliphatic heterocycles. The van der Waals surface area contributed by atoms with Crippen molar-refractivity contribution < 1.29 is 8.42 Å². The van der Waals surface area contributed by atoms with E-state index in [1.807, 2.05) is 14.0 Å². The molecular formula is C18H24N4O4S. The summed E-state index contributed by atoms with van der Waals surface area (Å²) in [4.78, 5) is 29.3. The van der Waals surface area contributed by atoms with Crippen molar-refractivity contribution in [2.24, 2.45) is 5.92 Å². The third-order valence-corrected chi connectivity index (χ3v) is 7.23. The summed E-state index contributed by atoms with van der Waals surface area (Å²) in [7, 11) is -1.67. The summed E-state index contributed by atoms with van der Waals surface area (Å²) in [6.45, 7) is 4.23. The van der Waals surface area contributed by atoms with Crippen molar-refractivity contribution in [3.63, 3.8) is 0 Å². The first-order valence-corrected chi connectivity index (χ1v) is 10.6. The van der Waals surface area contributed by atoms with Gasteiger partial charge in [0.25, 0.3) is 5.56 Å². The molecule has 1 saturated carbocycles. The van der Waals surface area contributed by atoms with Gasteiger partial charge in [-0.3, -0.25) is 14.3 Å². The normalized spacial score (nSPS) is 22.4. The molecule has 146 valence electrons. The highest BCUT2D eigenvalue weighted by molar-refractivity contribution is 7.89. The van der Waals surface area contributed by atoms with Crippen LogP contribution in [0.5, 0.6) is 0 Å². The second kappa shape index (κ2) is 6.29. The average Bonchev–Trinajstić information content (AvgIpc) is 3.16. The Kier molecular flexibility index (Phi) is 4.28. The first-order chi connectivity index (χ1) is 12.7. The minimum atomic E-state index is -3.71. The van der Waals surface area contributed by atoms with Gasteiger partial charge in [0.1, 0.15) is 0 Å². The van der Waals surface area contributed by atoms with Crippen molar-refractivity contribution in [3.05, 3.63) is 39.0 Å². The molecule has 27 heavy (non-hydrogen) atoms. The zero-order valence-corrected chi connectivity index (χ0v) is 16.3. The van der Waals surface area contributed by atoms with Crippen LogP contribution in [0.1, 0.15) is 26.2 Å². The molecule has 0 radical (unpaired) electrons. The van der Waals surface area contributed by atoms with Gasteiger partial charge in [-0.1, -0.05) is 0 Å². The van der Waals surface area contributed by atoms with Crippen LogP contribution in [0.2, 0.25) is 0 Å². The van der Waals surface area contributed by atoms with Crippen LogP contribution < -0.4 is 16.0 Å². The van der Waals surface area contributed by atoms with E-state index in [1.54, 1.807) is 10.6 Å². The van der Waals surface area contributed by atoms with Crippen LogP contribution in [0, 0.1) is 5.92 Å². The lowest BCUT2D eigenvalue weighted by Crippen LogP contribution is -2.35. The molecule has 0 amide bonds. The molecule has 2 fully saturated rings. The molecule has 4 rings (SSSR count). The van der Waals surface area contributed by atoms with Crippen LogP contribution in [-0.4, -0.2) is 48.5 Å². The van der Waals surface area contributed by atoms with Crippen LogP contribution in [0.15, 0.2) is 32.7 Å². The van der Waals surface area contributed by atoms with Gasteiger partial charge in [-0.05, 0) is 63.9 Å². The predicted octanol–water partition coefficient (Wildman–Crippen LogP) is 0.472. The Morgan fingerprint density at radius 3 is 2.67 bits per heavy atom. The van der Waals surface area contributed by atoms with Crippen molar-refractivity contribution in [2.45, 2.75) is 43.2 Å². The van der Waals surface area contributed by atoms with Crippen molar-refractivity contribution in [1.29, 1.82) is 0 Å². The third kappa shape index (κ3) is 3.59. The number of likely N-dealkylation sites (tertiary alicyclic amines) is 1. The summed E-state index contributed by atoms with van der Waals surface area (Å²) in [5.41, 5.74) is -0.950. The van der Waals surface area contributed by atoms with Crippen LogP contribution >= 0.6 is 0 Å². The topological polar surface area (TPSA) is 104 Å². The monoisotopic (exact) mass is 392 g/mol. The molecule has 1 aromatic heterocycles. The number of hydrogen-bond acceptors (Lipinski definition) is 5. The third-order valence-electron chi connectivity index (χ3n) is 5.59. The van der Waals surface area contributed by atoms with Crippen molar-refractivity contribution in [3.8, 4) is 0 Å². The lowest BCUT2D eigenvalue weighted by Gasteiger charge is -2.16. The zero-order valence-electron chi connectivity index (χ0n) is 15.5. The minimum absolute atomic E-state index is 0.0411. The van der Waals surface area contributed by atoms with Gasteiger partial charge in [-0.2, -0.15) is 0 Å². The second-order valence-electron chi connectivity index (χ2n) is 8.13. The van der Waals surface area contributed by atoms with E-state index in [4.69, 9.17) is 0 Å². The highest BCUT2D eigenvalue weighted by Crippen LogP contribution is 2.36. The fourth-order valence-electron chi connectivity index (χ4n) is 3.73. The number of rotatable bonds is 5. The minimum Gasteiger partial charge on any atom is -0.306 e. The molecule has 9 heteroatoms. The van der Waals surface area contributed by atoms with Gasteiger partial charge >= 0.3 is 5.69 Å². The van der Waals surface area contributed by atoms with Crippen LogP contribution in [0.25, 0.3) is 10.9 Å². The molecule has 1 aromatic carbocycles. The average molecular weight is 392 g/mol. The Hall–Kier alpha value is -1.97. The Morgan fingerprint density at radius 1 is 1.30 bits per heavy atom. The second-order valence-corrected chi connectivity index (χ2v) is 9.81. The zero-order chi connectivity index (χ0) is 19.4. The molecule has 2 heterocycles. The van der Waals surface area contributed by atoms with E-state index >= 15 is 0 Å². The highest BCUT2D eigenvalue weighted by Gasteiger charge is 2.41. The first-order valence-electron chi connectivity index (χ1n) is 9.16. The van der Waals surface area contributed by atoms with E-state index in [9.17, 15) is 18.0 Å². The standard InChI is InChI=1S/C18H24N4O4S/c1-18(6-7-18)20-27(25,26)13-3-4-15-14(9-13)16(23)19-17(24)22(15)11-12-5-8-21(2)10-12/h3-4,9,12,20H,5-8,10-11H2,1-2H3,(H,19,23,24). The molecule has 0 bridgehead atoms. The van der Waals surface area contributed by atoms with E-state index < -0.39 is 26.8 Å². The lowest BCUT2D eigenvalue weighted by molar-refractivity contribution is 0.377. The molecule has 2 N–H and O–H groups in total. The van der Waals surface area contributed by atoms with Crippen molar-refractivity contribution in [1.82, 2.24) is 19.2 Å². The molecule has 2 aromatic rings. The molecular weight excluding hydrogens is 368 g/mol. The van der Waals surface area contributed by atoms with Crippen LogP contribution in [0.3, 0.4) is 0 Å².